The highest BCUT2D eigenvalue weighted by atomic mass is 16.2. The van der Waals surface area contributed by atoms with Crippen molar-refractivity contribution < 1.29 is 4.79 Å². The van der Waals surface area contributed by atoms with Gasteiger partial charge in [0.2, 0.25) is 5.91 Å². The highest BCUT2D eigenvalue weighted by Crippen LogP contribution is 2.30. The summed E-state index contributed by atoms with van der Waals surface area (Å²) in [6, 6.07) is 0.173. The van der Waals surface area contributed by atoms with Crippen LogP contribution >= 0.6 is 0 Å². The van der Waals surface area contributed by atoms with Gasteiger partial charge in [0, 0.05) is 24.5 Å². The van der Waals surface area contributed by atoms with Crippen molar-refractivity contribution in [3.8, 4) is 0 Å². The maximum Gasteiger partial charge on any atom is 0.223 e. The van der Waals surface area contributed by atoms with Crippen molar-refractivity contribution in [2.24, 2.45) is 11.7 Å². The highest BCUT2D eigenvalue weighted by molar-refractivity contribution is 5.77. The minimum absolute atomic E-state index is 0.000478. The average Bonchev–Trinajstić information content (AvgIpc) is 2.40. The molecule has 0 bridgehead atoms. The molecule has 1 amide bonds. The maximum absolute atomic E-state index is 12.5. The summed E-state index contributed by atoms with van der Waals surface area (Å²) in [7, 11) is 0. The number of hydrogen-bond acceptors (Lipinski definition) is 2. The van der Waals surface area contributed by atoms with E-state index in [1.165, 1.54) is 32.1 Å². The van der Waals surface area contributed by atoms with Crippen LogP contribution in [-0.2, 0) is 4.79 Å². The molecule has 0 aromatic rings. The van der Waals surface area contributed by atoms with Crippen LogP contribution in [0, 0.1) is 5.92 Å². The Labute approximate surface area is 117 Å². The van der Waals surface area contributed by atoms with Gasteiger partial charge >= 0.3 is 0 Å². The Morgan fingerprint density at radius 1 is 1.21 bits per heavy atom. The molecular formula is C16H30N2O. The maximum atomic E-state index is 12.5. The summed E-state index contributed by atoms with van der Waals surface area (Å²) in [5, 5.41) is 0. The van der Waals surface area contributed by atoms with Crippen LogP contribution in [0.2, 0.25) is 0 Å². The Morgan fingerprint density at radius 3 is 2.58 bits per heavy atom. The number of hydrogen-bond donors (Lipinski definition) is 1. The van der Waals surface area contributed by atoms with E-state index in [2.05, 4.69) is 13.8 Å². The van der Waals surface area contributed by atoms with Crippen LogP contribution in [0.15, 0.2) is 0 Å². The Balaban J connectivity index is 1.83. The second-order valence-electron chi connectivity index (χ2n) is 7.16. The van der Waals surface area contributed by atoms with Crippen LogP contribution < -0.4 is 5.73 Å². The molecule has 2 N–H and O–H groups in total. The fourth-order valence-corrected chi connectivity index (χ4v) is 3.62. The molecule has 3 nitrogen and oxygen atoms in total. The first kappa shape index (κ1) is 14.8. The van der Waals surface area contributed by atoms with Crippen molar-refractivity contribution in [2.45, 2.75) is 83.2 Å². The Bertz CT molecular complexity index is 308. The first-order valence-electron chi connectivity index (χ1n) is 8.05. The molecule has 0 spiro atoms. The van der Waals surface area contributed by atoms with Crippen molar-refractivity contribution in [1.29, 1.82) is 0 Å². The predicted octanol–water partition coefficient (Wildman–Crippen LogP) is 3.08. The first-order chi connectivity index (χ1) is 8.99. The molecule has 1 saturated heterocycles. The smallest absolute Gasteiger partial charge is 0.223 e. The summed E-state index contributed by atoms with van der Waals surface area (Å²) >= 11 is 0. The van der Waals surface area contributed by atoms with Crippen LogP contribution in [0.3, 0.4) is 0 Å². The molecule has 1 heterocycles. The highest BCUT2D eigenvalue weighted by Gasteiger charge is 2.35. The summed E-state index contributed by atoms with van der Waals surface area (Å²) in [6.45, 7) is 5.10. The Morgan fingerprint density at radius 2 is 1.89 bits per heavy atom. The second kappa shape index (κ2) is 6.25. The molecule has 0 aromatic heterocycles. The third-order valence-electron chi connectivity index (χ3n) is 5.07. The molecule has 1 saturated carbocycles. The summed E-state index contributed by atoms with van der Waals surface area (Å²) in [5.41, 5.74) is 6.03. The van der Waals surface area contributed by atoms with E-state index in [1.807, 2.05) is 4.90 Å². The third kappa shape index (κ3) is 3.95. The van der Waals surface area contributed by atoms with Gasteiger partial charge in [-0.15, -0.1) is 0 Å². The molecule has 1 unspecified atom stereocenters. The zero-order chi connectivity index (χ0) is 13.9. The van der Waals surface area contributed by atoms with Crippen LogP contribution in [0.4, 0.5) is 0 Å². The zero-order valence-electron chi connectivity index (χ0n) is 12.7. The molecule has 0 radical (unpaired) electrons. The number of likely N-dealkylation sites (tertiary alicyclic amines) is 1. The van der Waals surface area contributed by atoms with E-state index in [0.29, 0.717) is 5.91 Å². The molecule has 0 aromatic carbocycles. The molecule has 1 aliphatic heterocycles. The normalized spacial score (nSPS) is 28.4. The van der Waals surface area contributed by atoms with E-state index in [9.17, 15) is 4.79 Å². The van der Waals surface area contributed by atoms with Gasteiger partial charge in [0.1, 0.15) is 0 Å². The van der Waals surface area contributed by atoms with Gasteiger partial charge < -0.3 is 10.6 Å². The molecule has 110 valence electrons. The quantitative estimate of drug-likeness (QED) is 0.853. The van der Waals surface area contributed by atoms with Crippen LogP contribution in [0.1, 0.15) is 71.6 Å². The molecule has 1 aliphatic carbocycles. The molecule has 2 aliphatic rings. The third-order valence-corrected chi connectivity index (χ3v) is 5.07. The Kier molecular flexibility index (Phi) is 4.88. The summed E-state index contributed by atoms with van der Waals surface area (Å²) in [5.74, 6) is 1.12. The van der Waals surface area contributed by atoms with Crippen molar-refractivity contribution in [3.63, 3.8) is 0 Å². The van der Waals surface area contributed by atoms with Gasteiger partial charge in [-0.05, 0) is 39.0 Å². The largest absolute Gasteiger partial charge is 0.336 e. The summed E-state index contributed by atoms with van der Waals surface area (Å²) in [6.07, 6.45) is 10.6. The second-order valence-corrected chi connectivity index (χ2v) is 7.16. The fourth-order valence-electron chi connectivity index (χ4n) is 3.62. The number of nitrogens with two attached hydrogens (primary N) is 1. The van der Waals surface area contributed by atoms with E-state index in [-0.39, 0.29) is 11.6 Å². The standard InChI is InChI=1S/C16H30N2O/c1-16(2)11-10-14(17)12-18(16)15(19)9-8-13-6-4-3-5-7-13/h13-14H,3-12,17H2,1-2H3. The fraction of sp³-hybridized carbons (Fsp3) is 0.938. The molecule has 2 fully saturated rings. The van der Waals surface area contributed by atoms with E-state index in [0.717, 1.165) is 38.1 Å². The van der Waals surface area contributed by atoms with E-state index in [4.69, 9.17) is 5.73 Å². The van der Waals surface area contributed by atoms with Gasteiger partial charge in [0.15, 0.2) is 0 Å². The van der Waals surface area contributed by atoms with Gasteiger partial charge in [-0.1, -0.05) is 32.1 Å². The van der Waals surface area contributed by atoms with Gasteiger partial charge in [-0.3, -0.25) is 4.79 Å². The van der Waals surface area contributed by atoms with E-state index in [1.54, 1.807) is 0 Å². The van der Waals surface area contributed by atoms with Crippen LogP contribution in [0.25, 0.3) is 0 Å². The topological polar surface area (TPSA) is 46.3 Å². The number of rotatable bonds is 3. The SMILES string of the molecule is CC1(C)CCC(N)CN1C(=O)CCC1CCCCC1. The molecular weight excluding hydrogens is 236 g/mol. The van der Waals surface area contributed by atoms with Gasteiger partial charge in [0.25, 0.3) is 0 Å². The van der Waals surface area contributed by atoms with Crippen molar-refractivity contribution in [3.05, 3.63) is 0 Å². The van der Waals surface area contributed by atoms with Crippen molar-refractivity contribution in [1.82, 2.24) is 4.90 Å². The molecule has 19 heavy (non-hydrogen) atoms. The number of piperidine rings is 1. The van der Waals surface area contributed by atoms with Gasteiger partial charge in [-0.2, -0.15) is 0 Å². The first-order valence-corrected chi connectivity index (χ1v) is 8.05. The molecule has 1 atom stereocenters. The minimum atomic E-state index is -0.000478. The molecule has 2 rings (SSSR count). The lowest BCUT2D eigenvalue weighted by Crippen LogP contribution is -2.56. The van der Waals surface area contributed by atoms with E-state index >= 15 is 0 Å². The predicted molar refractivity (Wildman–Crippen MR) is 78.8 cm³/mol. The summed E-state index contributed by atoms with van der Waals surface area (Å²) in [4.78, 5) is 14.5. The van der Waals surface area contributed by atoms with Crippen LogP contribution in [0.5, 0.6) is 0 Å². The van der Waals surface area contributed by atoms with Crippen molar-refractivity contribution in [2.75, 3.05) is 6.54 Å². The van der Waals surface area contributed by atoms with Gasteiger partial charge in [-0.25, -0.2) is 0 Å². The number of nitrogens with zero attached hydrogens (tertiary/aromatic N) is 1. The lowest BCUT2D eigenvalue weighted by atomic mass is 9.85. The Hall–Kier alpha value is -0.570. The summed E-state index contributed by atoms with van der Waals surface area (Å²) < 4.78 is 0. The zero-order valence-corrected chi connectivity index (χ0v) is 12.7. The number of carbonyl (C=O) groups excluding carboxylic acids is 1. The monoisotopic (exact) mass is 266 g/mol. The molecule has 3 heteroatoms. The van der Waals surface area contributed by atoms with Crippen molar-refractivity contribution >= 4 is 5.91 Å². The number of amides is 1. The van der Waals surface area contributed by atoms with E-state index < -0.39 is 0 Å². The number of carbonyl (C=O) groups is 1. The van der Waals surface area contributed by atoms with Gasteiger partial charge in [0.05, 0.1) is 0 Å². The lowest BCUT2D eigenvalue weighted by Gasteiger charge is -2.45. The lowest BCUT2D eigenvalue weighted by molar-refractivity contribution is -0.139. The average molecular weight is 266 g/mol. The van der Waals surface area contributed by atoms with Crippen LogP contribution in [-0.4, -0.2) is 28.9 Å². The minimum Gasteiger partial charge on any atom is -0.336 e.